The summed E-state index contributed by atoms with van der Waals surface area (Å²) in [5, 5.41) is 4.36. The van der Waals surface area contributed by atoms with Crippen molar-refractivity contribution in [3.63, 3.8) is 0 Å². The summed E-state index contributed by atoms with van der Waals surface area (Å²) < 4.78 is 10.5. The van der Waals surface area contributed by atoms with E-state index in [1.807, 2.05) is 42.2 Å². The van der Waals surface area contributed by atoms with Crippen LogP contribution < -0.4 is 10.2 Å². The monoisotopic (exact) mass is 416 g/mol. The minimum absolute atomic E-state index is 0.0383. The Morgan fingerprint density at radius 2 is 2.17 bits per heavy atom. The first-order valence-corrected chi connectivity index (χ1v) is 9.97. The van der Waals surface area contributed by atoms with E-state index in [1.165, 1.54) is 0 Å². The summed E-state index contributed by atoms with van der Waals surface area (Å²) in [6.45, 7) is 3.96. The smallest absolute Gasteiger partial charge is 0.221 e. The number of carbonyl (C=O) groups is 1. The number of benzene rings is 1. The third-order valence-corrected chi connectivity index (χ3v) is 4.70. The first kappa shape index (κ1) is 21.1. The normalized spacial score (nSPS) is 11.0. The largest absolute Gasteiger partial charge is 0.467 e. The van der Waals surface area contributed by atoms with E-state index in [0.29, 0.717) is 44.1 Å². The van der Waals surface area contributed by atoms with E-state index < -0.39 is 0 Å². The number of hydrogen-bond acceptors (Lipinski definition) is 6. The lowest BCUT2D eigenvalue weighted by Gasteiger charge is -2.24. The number of anilines is 1. The molecule has 29 heavy (non-hydrogen) atoms. The quantitative estimate of drug-likeness (QED) is 0.508. The molecule has 3 aromatic rings. The van der Waals surface area contributed by atoms with Gasteiger partial charge in [0.05, 0.1) is 24.9 Å². The molecule has 0 atom stereocenters. The predicted octanol–water partition coefficient (Wildman–Crippen LogP) is 3.60. The maximum atomic E-state index is 12.2. The van der Waals surface area contributed by atoms with Gasteiger partial charge in [-0.25, -0.2) is 9.97 Å². The summed E-state index contributed by atoms with van der Waals surface area (Å²) in [5.41, 5.74) is 0.786. The summed E-state index contributed by atoms with van der Waals surface area (Å²) in [4.78, 5) is 23.6. The fraction of sp³-hybridized carbons (Fsp3) is 0.381. The predicted molar refractivity (Wildman–Crippen MR) is 113 cm³/mol. The van der Waals surface area contributed by atoms with Gasteiger partial charge in [0.25, 0.3) is 0 Å². The number of amides is 1. The molecular formula is C21H25ClN4O3. The number of ether oxygens (including phenoxy) is 1. The molecule has 3 rings (SSSR count). The van der Waals surface area contributed by atoms with Gasteiger partial charge in [-0.1, -0.05) is 18.5 Å². The number of hydrogen-bond donors (Lipinski definition) is 1. The number of furan rings is 1. The van der Waals surface area contributed by atoms with Gasteiger partial charge < -0.3 is 19.4 Å². The van der Waals surface area contributed by atoms with Crippen LogP contribution in [0.2, 0.25) is 5.02 Å². The van der Waals surface area contributed by atoms with Gasteiger partial charge in [-0.2, -0.15) is 0 Å². The highest BCUT2D eigenvalue weighted by Gasteiger charge is 2.17. The molecule has 8 heteroatoms. The zero-order valence-electron chi connectivity index (χ0n) is 16.7. The molecule has 0 bridgehead atoms. The minimum atomic E-state index is -0.0383. The first-order chi connectivity index (χ1) is 14.1. The number of aryl methyl sites for hydroxylation is 1. The van der Waals surface area contributed by atoms with Crippen LogP contribution >= 0.6 is 11.6 Å². The Bertz CT molecular complexity index is 947. The summed E-state index contributed by atoms with van der Waals surface area (Å²) in [7, 11) is 1.61. The molecule has 7 nitrogen and oxygen atoms in total. The number of nitrogens with zero attached hydrogens (tertiary/aromatic N) is 3. The molecule has 0 saturated heterocycles. The van der Waals surface area contributed by atoms with Crippen molar-refractivity contribution in [2.24, 2.45) is 0 Å². The molecule has 0 saturated carbocycles. The average Bonchev–Trinajstić information content (AvgIpc) is 3.23. The van der Waals surface area contributed by atoms with Crippen LogP contribution in [0, 0.1) is 0 Å². The molecule has 2 aromatic heterocycles. The Balaban J connectivity index is 1.89. The van der Waals surface area contributed by atoms with E-state index in [1.54, 1.807) is 13.4 Å². The highest BCUT2D eigenvalue weighted by molar-refractivity contribution is 6.31. The van der Waals surface area contributed by atoms with E-state index in [-0.39, 0.29) is 5.91 Å². The van der Waals surface area contributed by atoms with Crippen molar-refractivity contribution in [2.75, 3.05) is 31.7 Å². The van der Waals surface area contributed by atoms with Gasteiger partial charge in [0.2, 0.25) is 5.91 Å². The van der Waals surface area contributed by atoms with Crippen LogP contribution in [0.3, 0.4) is 0 Å². The lowest BCUT2D eigenvalue weighted by molar-refractivity contribution is -0.121. The number of halogens is 1. The maximum Gasteiger partial charge on any atom is 0.221 e. The van der Waals surface area contributed by atoms with Crippen LogP contribution in [0.1, 0.15) is 24.9 Å². The Kier molecular flexibility index (Phi) is 7.43. The zero-order chi connectivity index (χ0) is 20.6. The lowest BCUT2D eigenvalue weighted by Crippen LogP contribution is -2.32. The molecule has 1 aromatic carbocycles. The van der Waals surface area contributed by atoms with Crippen molar-refractivity contribution >= 4 is 34.2 Å². The van der Waals surface area contributed by atoms with E-state index in [2.05, 4.69) is 10.3 Å². The van der Waals surface area contributed by atoms with Crippen molar-refractivity contribution < 1.29 is 13.9 Å². The van der Waals surface area contributed by atoms with Crippen molar-refractivity contribution in [1.29, 1.82) is 0 Å². The molecule has 0 fully saturated rings. The Morgan fingerprint density at radius 1 is 1.31 bits per heavy atom. The molecule has 154 valence electrons. The maximum absolute atomic E-state index is 12.2. The average molecular weight is 417 g/mol. The van der Waals surface area contributed by atoms with Gasteiger partial charge >= 0.3 is 0 Å². The molecule has 0 unspecified atom stereocenters. The second-order valence-electron chi connectivity index (χ2n) is 6.57. The van der Waals surface area contributed by atoms with Gasteiger partial charge in [-0.3, -0.25) is 4.79 Å². The van der Waals surface area contributed by atoms with Gasteiger partial charge in [0, 0.05) is 43.4 Å². The summed E-state index contributed by atoms with van der Waals surface area (Å²) in [5.74, 6) is 2.25. The number of nitrogens with one attached hydrogen (secondary N) is 1. The van der Waals surface area contributed by atoms with Gasteiger partial charge in [0.1, 0.15) is 17.4 Å². The second-order valence-corrected chi connectivity index (χ2v) is 7.01. The number of rotatable bonds is 10. The van der Waals surface area contributed by atoms with E-state index in [4.69, 9.17) is 25.7 Å². The molecule has 0 aliphatic heterocycles. The third-order valence-electron chi connectivity index (χ3n) is 4.46. The Labute approximate surface area is 175 Å². The van der Waals surface area contributed by atoms with Crippen molar-refractivity contribution in [3.05, 3.63) is 53.2 Å². The highest BCUT2D eigenvalue weighted by atomic mass is 35.5. The molecule has 0 radical (unpaired) electrons. The zero-order valence-corrected chi connectivity index (χ0v) is 17.4. The van der Waals surface area contributed by atoms with Crippen molar-refractivity contribution in [1.82, 2.24) is 15.3 Å². The fourth-order valence-corrected chi connectivity index (χ4v) is 3.17. The van der Waals surface area contributed by atoms with Gasteiger partial charge in [0.15, 0.2) is 0 Å². The van der Waals surface area contributed by atoms with Crippen LogP contribution in [-0.2, 0) is 22.5 Å². The Morgan fingerprint density at radius 3 is 2.90 bits per heavy atom. The third kappa shape index (κ3) is 5.68. The van der Waals surface area contributed by atoms with Crippen LogP contribution in [0.5, 0.6) is 0 Å². The van der Waals surface area contributed by atoms with E-state index in [9.17, 15) is 4.79 Å². The molecule has 0 aliphatic rings. The lowest BCUT2D eigenvalue weighted by atomic mass is 10.2. The SMILES string of the molecule is CCc1nc(N(CCC(=O)NCCOC)Cc2ccco2)c2ccc(Cl)cc2n1. The standard InChI is InChI=1S/C21H25ClN4O3/c1-3-19-24-18-13-15(22)6-7-17(18)21(25-19)26(14-16-5-4-11-29-16)10-8-20(27)23-9-12-28-2/h4-7,11,13H,3,8-10,12,14H2,1-2H3,(H,23,27). The first-order valence-electron chi connectivity index (χ1n) is 9.60. The Hall–Kier alpha value is -2.64. The van der Waals surface area contributed by atoms with E-state index in [0.717, 1.165) is 28.3 Å². The topological polar surface area (TPSA) is 80.5 Å². The fourth-order valence-electron chi connectivity index (χ4n) is 3.00. The number of aromatic nitrogens is 2. The molecule has 1 amide bonds. The molecule has 0 spiro atoms. The van der Waals surface area contributed by atoms with Crippen molar-refractivity contribution in [2.45, 2.75) is 26.3 Å². The minimum Gasteiger partial charge on any atom is -0.467 e. The summed E-state index contributed by atoms with van der Waals surface area (Å²) >= 11 is 6.17. The van der Waals surface area contributed by atoms with Crippen molar-refractivity contribution in [3.8, 4) is 0 Å². The van der Waals surface area contributed by atoms with Gasteiger partial charge in [-0.05, 0) is 30.3 Å². The summed E-state index contributed by atoms with van der Waals surface area (Å²) in [6, 6.07) is 9.34. The van der Waals surface area contributed by atoms with Crippen LogP contribution in [0.25, 0.3) is 10.9 Å². The molecule has 2 heterocycles. The van der Waals surface area contributed by atoms with Crippen LogP contribution in [0.4, 0.5) is 5.82 Å². The molecular weight excluding hydrogens is 392 g/mol. The number of fused-ring (bicyclic) bond motifs is 1. The molecule has 1 N–H and O–H groups in total. The summed E-state index contributed by atoms with van der Waals surface area (Å²) in [6.07, 6.45) is 2.66. The number of carbonyl (C=O) groups excluding carboxylic acids is 1. The number of methoxy groups -OCH3 is 1. The second kappa shape index (κ2) is 10.2. The highest BCUT2D eigenvalue weighted by Crippen LogP contribution is 2.28. The molecule has 0 aliphatic carbocycles. The van der Waals surface area contributed by atoms with E-state index >= 15 is 0 Å². The van der Waals surface area contributed by atoms with Gasteiger partial charge in [-0.15, -0.1) is 0 Å². The van der Waals surface area contributed by atoms with Crippen LogP contribution in [-0.4, -0.2) is 42.7 Å². The van der Waals surface area contributed by atoms with Crippen LogP contribution in [0.15, 0.2) is 41.0 Å².